The van der Waals surface area contributed by atoms with Gasteiger partial charge < -0.3 is 10.1 Å². The summed E-state index contributed by atoms with van der Waals surface area (Å²) in [5.41, 5.74) is 1.01. The monoisotopic (exact) mass is 300 g/mol. The lowest BCUT2D eigenvalue weighted by atomic mass is 10.2. The fraction of sp³-hybridized carbons (Fsp3) is 0.125. The number of benzene rings is 1. The van der Waals surface area contributed by atoms with Gasteiger partial charge in [-0.15, -0.1) is 11.3 Å². The van der Waals surface area contributed by atoms with Crippen molar-refractivity contribution in [2.24, 2.45) is 0 Å². The Morgan fingerprint density at radius 1 is 1.29 bits per heavy atom. The van der Waals surface area contributed by atoms with Gasteiger partial charge in [-0.05, 0) is 12.1 Å². The number of hydrogen-bond donors (Lipinski definition) is 1. The number of ether oxygens (including phenoxy) is 1. The van der Waals surface area contributed by atoms with E-state index in [1.54, 1.807) is 20.4 Å². The van der Waals surface area contributed by atoms with Gasteiger partial charge in [0.05, 0.1) is 13.3 Å². The minimum absolute atomic E-state index is 0.114. The van der Waals surface area contributed by atoms with Gasteiger partial charge in [0.2, 0.25) is 0 Å². The lowest BCUT2D eigenvalue weighted by Gasteiger charge is -2.02. The van der Waals surface area contributed by atoms with Crippen LogP contribution in [0.5, 0.6) is 5.75 Å². The van der Waals surface area contributed by atoms with Crippen molar-refractivity contribution >= 4 is 29.4 Å². The first-order chi connectivity index (χ1) is 10.2. The van der Waals surface area contributed by atoms with Crippen LogP contribution in [0.25, 0.3) is 12.2 Å². The minimum atomic E-state index is -0.114. The largest absolute Gasteiger partial charge is 0.496 e. The second-order valence-electron chi connectivity index (χ2n) is 4.10. The van der Waals surface area contributed by atoms with Gasteiger partial charge in [-0.2, -0.15) is 0 Å². The van der Waals surface area contributed by atoms with E-state index in [4.69, 9.17) is 4.74 Å². The van der Waals surface area contributed by atoms with Crippen LogP contribution in [-0.2, 0) is 0 Å². The molecule has 0 aliphatic rings. The van der Waals surface area contributed by atoms with Gasteiger partial charge in [0, 0.05) is 12.6 Å². The van der Waals surface area contributed by atoms with Gasteiger partial charge in [-0.25, -0.2) is 4.98 Å². The van der Waals surface area contributed by atoms with E-state index in [-0.39, 0.29) is 5.91 Å². The third-order valence-electron chi connectivity index (χ3n) is 2.74. The van der Waals surface area contributed by atoms with Crippen LogP contribution in [0.3, 0.4) is 0 Å². The molecular formula is C16H16N2O2S. The van der Waals surface area contributed by atoms with Crippen molar-refractivity contribution in [1.29, 1.82) is 0 Å². The zero-order valence-corrected chi connectivity index (χ0v) is 12.7. The second-order valence-corrected chi connectivity index (χ2v) is 5.16. The molecule has 5 heteroatoms. The molecule has 2 aromatic rings. The first-order valence-electron chi connectivity index (χ1n) is 6.40. The molecule has 0 aliphatic heterocycles. The van der Waals surface area contributed by atoms with Gasteiger partial charge >= 0.3 is 0 Å². The Kier molecular flexibility index (Phi) is 5.29. The second kappa shape index (κ2) is 7.40. The molecule has 0 spiro atoms. The highest BCUT2D eigenvalue weighted by molar-refractivity contribution is 7.14. The third kappa shape index (κ3) is 4.03. The maximum absolute atomic E-state index is 11.4. The first kappa shape index (κ1) is 15.0. The number of carbonyl (C=O) groups is 1. The Morgan fingerprint density at radius 2 is 2.05 bits per heavy atom. The van der Waals surface area contributed by atoms with E-state index in [2.05, 4.69) is 10.3 Å². The van der Waals surface area contributed by atoms with Crippen LogP contribution in [0.15, 0.2) is 42.6 Å². The Labute approximate surface area is 127 Å². The third-order valence-corrected chi connectivity index (χ3v) is 3.70. The molecule has 0 aliphatic carbocycles. The Balaban J connectivity index is 2.03. The van der Waals surface area contributed by atoms with Crippen molar-refractivity contribution in [3.05, 3.63) is 58.1 Å². The Hall–Kier alpha value is -2.40. The number of hydrogen-bond acceptors (Lipinski definition) is 4. The molecule has 1 amide bonds. The lowest BCUT2D eigenvalue weighted by Crippen LogP contribution is -2.16. The van der Waals surface area contributed by atoms with Crippen LogP contribution < -0.4 is 10.1 Å². The molecule has 21 heavy (non-hydrogen) atoms. The maximum atomic E-state index is 11.4. The number of methoxy groups -OCH3 is 1. The number of carbonyl (C=O) groups excluding carboxylic acids is 1. The number of allylic oxidation sites excluding steroid dienone is 2. The van der Waals surface area contributed by atoms with Crippen molar-refractivity contribution in [3.63, 3.8) is 0 Å². The summed E-state index contributed by atoms with van der Waals surface area (Å²) in [6.07, 6.45) is 9.20. The molecular weight excluding hydrogens is 284 g/mol. The first-order valence-corrected chi connectivity index (χ1v) is 7.22. The molecule has 1 N–H and O–H groups in total. The van der Waals surface area contributed by atoms with E-state index in [1.807, 2.05) is 48.6 Å². The van der Waals surface area contributed by atoms with Gasteiger partial charge in [0.1, 0.15) is 15.6 Å². The molecule has 0 saturated heterocycles. The summed E-state index contributed by atoms with van der Waals surface area (Å²) < 4.78 is 5.27. The van der Waals surface area contributed by atoms with Crippen LogP contribution in [0.4, 0.5) is 0 Å². The number of rotatable bonds is 5. The van der Waals surface area contributed by atoms with E-state index in [9.17, 15) is 4.79 Å². The van der Waals surface area contributed by atoms with Crippen LogP contribution in [0, 0.1) is 0 Å². The van der Waals surface area contributed by atoms with Gasteiger partial charge in [0.15, 0.2) is 0 Å². The molecule has 0 saturated carbocycles. The summed E-state index contributed by atoms with van der Waals surface area (Å²) in [5.74, 6) is 0.718. The summed E-state index contributed by atoms with van der Waals surface area (Å²) in [5, 5.41) is 3.37. The normalized spacial score (nSPS) is 11.1. The summed E-state index contributed by atoms with van der Waals surface area (Å²) in [6, 6.07) is 7.79. The van der Waals surface area contributed by atoms with Crippen LogP contribution >= 0.6 is 11.3 Å². The quantitative estimate of drug-likeness (QED) is 0.862. The number of para-hydroxylation sites is 1. The number of thiazole rings is 1. The topological polar surface area (TPSA) is 51.2 Å². The standard InChI is InChI=1S/C16H16N2O2S/c1-17-16(19)14-11-18-15(21-14)10-6-4-8-12-7-3-5-9-13(12)20-2/h3-11H,1-2H3,(H,17,19)/b8-4-,10-6+. The molecule has 108 valence electrons. The molecule has 4 nitrogen and oxygen atoms in total. The fourth-order valence-corrected chi connectivity index (χ4v) is 2.47. The van der Waals surface area contributed by atoms with E-state index in [0.717, 1.165) is 16.3 Å². The zero-order valence-electron chi connectivity index (χ0n) is 11.9. The van der Waals surface area contributed by atoms with Crippen LogP contribution in [-0.4, -0.2) is 25.0 Å². The molecule has 0 atom stereocenters. The summed E-state index contributed by atoms with van der Waals surface area (Å²) in [4.78, 5) is 16.2. The van der Waals surface area contributed by atoms with Crippen molar-refractivity contribution < 1.29 is 9.53 Å². The van der Waals surface area contributed by atoms with E-state index in [0.29, 0.717) is 4.88 Å². The number of amides is 1. The van der Waals surface area contributed by atoms with Crippen LogP contribution in [0.2, 0.25) is 0 Å². The molecule has 1 heterocycles. The molecule has 1 aromatic carbocycles. The van der Waals surface area contributed by atoms with Crippen molar-refractivity contribution in [1.82, 2.24) is 10.3 Å². The zero-order chi connectivity index (χ0) is 15.1. The lowest BCUT2D eigenvalue weighted by molar-refractivity contribution is 0.0967. The summed E-state index contributed by atoms with van der Waals surface area (Å²) in [7, 11) is 3.26. The SMILES string of the molecule is CNC(=O)c1cnc(/C=C/C=C\c2ccccc2OC)s1. The molecule has 1 aromatic heterocycles. The van der Waals surface area contributed by atoms with Crippen molar-refractivity contribution in [2.45, 2.75) is 0 Å². The maximum Gasteiger partial charge on any atom is 0.262 e. The van der Waals surface area contributed by atoms with Crippen molar-refractivity contribution in [3.8, 4) is 5.75 Å². The average molecular weight is 300 g/mol. The van der Waals surface area contributed by atoms with Gasteiger partial charge in [-0.3, -0.25) is 4.79 Å². The molecule has 2 rings (SSSR count). The smallest absolute Gasteiger partial charge is 0.262 e. The predicted octanol–water partition coefficient (Wildman–Crippen LogP) is 3.24. The minimum Gasteiger partial charge on any atom is -0.496 e. The molecule has 0 radical (unpaired) electrons. The highest BCUT2D eigenvalue weighted by Crippen LogP contribution is 2.19. The fourth-order valence-electron chi connectivity index (χ4n) is 1.69. The molecule has 0 bridgehead atoms. The highest BCUT2D eigenvalue weighted by atomic mass is 32.1. The van der Waals surface area contributed by atoms with E-state index >= 15 is 0 Å². The Morgan fingerprint density at radius 3 is 2.81 bits per heavy atom. The van der Waals surface area contributed by atoms with E-state index in [1.165, 1.54) is 11.3 Å². The van der Waals surface area contributed by atoms with Crippen LogP contribution in [0.1, 0.15) is 20.2 Å². The molecule has 0 fully saturated rings. The van der Waals surface area contributed by atoms with Gasteiger partial charge in [-0.1, -0.05) is 36.4 Å². The number of aromatic nitrogens is 1. The van der Waals surface area contributed by atoms with Gasteiger partial charge in [0.25, 0.3) is 5.91 Å². The molecule has 0 unspecified atom stereocenters. The highest BCUT2D eigenvalue weighted by Gasteiger charge is 2.06. The summed E-state index contributed by atoms with van der Waals surface area (Å²) >= 11 is 1.35. The Bertz CT molecular complexity index is 674. The average Bonchev–Trinajstić information content (AvgIpc) is 3.00. The number of nitrogens with one attached hydrogen (secondary N) is 1. The number of nitrogens with zero attached hydrogens (tertiary/aromatic N) is 1. The summed E-state index contributed by atoms with van der Waals surface area (Å²) in [6.45, 7) is 0. The van der Waals surface area contributed by atoms with Crippen molar-refractivity contribution in [2.75, 3.05) is 14.2 Å². The van der Waals surface area contributed by atoms with E-state index < -0.39 is 0 Å². The predicted molar refractivity (Wildman–Crippen MR) is 86.6 cm³/mol.